The molecule has 1 fully saturated rings. The number of amides is 1. The van der Waals surface area contributed by atoms with E-state index in [-0.39, 0.29) is 23.0 Å². The minimum absolute atomic E-state index is 0.172. The molecule has 1 spiro atoms. The highest BCUT2D eigenvalue weighted by Gasteiger charge is 2.43. The fourth-order valence-electron chi connectivity index (χ4n) is 3.94. The van der Waals surface area contributed by atoms with E-state index in [9.17, 15) is 9.59 Å². The van der Waals surface area contributed by atoms with Crippen molar-refractivity contribution in [1.29, 1.82) is 0 Å². The van der Waals surface area contributed by atoms with Crippen LogP contribution in [-0.4, -0.2) is 16.7 Å². The van der Waals surface area contributed by atoms with E-state index in [1.54, 1.807) is 12.1 Å². The molecule has 2 heterocycles. The van der Waals surface area contributed by atoms with Crippen LogP contribution in [0.4, 0.5) is 0 Å². The molecule has 1 amide bonds. The predicted molar refractivity (Wildman–Crippen MR) is 109 cm³/mol. The molecular weight excluding hydrogens is 424 g/mol. The molecule has 2 aliphatic rings. The molecule has 7 heteroatoms. The van der Waals surface area contributed by atoms with E-state index in [0.29, 0.717) is 11.1 Å². The molecule has 2 N–H and O–H groups in total. The van der Waals surface area contributed by atoms with Crippen LogP contribution in [0, 0.1) is 13.8 Å². The van der Waals surface area contributed by atoms with Gasteiger partial charge >= 0.3 is 0 Å². The highest BCUT2D eigenvalue weighted by atomic mass is 79.9. The molecule has 6 nitrogen and oxygen atoms in total. The Bertz CT molecular complexity index is 979. The minimum atomic E-state index is -0.547. The topological polar surface area (TPSA) is 80.4 Å². The van der Waals surface area contributed by atoms with E-state index >= 15 is 0 Å². The molecule has 0 saturated heterocycles. The number of halogens is 1. The lowest BCUT2D eigenvalue weighted by atomic mass is 10.1. The second-order valence-electron chi connectivity index (χ2n) is 7.53. The van der Waals surface area contributed by atoms with Gasteiger partial charge in [0.15, 0.2) is 0 Å². The number of hydrogen-bond acceptors (Lipinski definition) is 4. The molecule has 148 valence electrons. The van der Waals surface area contributed by atoms with Crippen molar-refractivity contribution in [1.82, 2.24) is 10.3 Å². The molecule has 1 aliphatic carbocycles. The summed E-state index contributed by atoms with van der Waals surface area (Å²) in [5.41, 5.74) is 3.35. The van der Waals surface area contributed by atoms with Crippen LogP contribution in [0.25, 0.3) is 0 Å². The number of nitrogens with one attached hydrogen (secondary N) is 2. The lowest BCUT2D eigenvalue weighted by Gasteiger charge is -2.38. The molecule has 1 aliphatic heterocycles. The van der Waals surface area contributed by atoms with Crippen molar-refractivity contribution in [3.05, 3.63) is 62.6 Å². The number of hydrogen-bond donors (Lipinski definition) is 2. The van der Waals surface area contributed by atoms with Crippen LogP contribution in [-0.2, 0) is 11.3 Å². The molecule has 4 rings (SSSR count). The standard InChI is InChI=1S/C21H23BrN2O4/c1-12-9-13(2)24-20(26)16(12)11-23-19(25)14-5-6-17-15(10-14)18(22)28-21(27-17)7-3-4-8-21/h5-6,9-10,18H,3-4,7-8,11H2,1-2H3,(H,23,25)(H,24,26). The predicted octanol–water partition coefficient (Wildman–Crippen LogP) is 3.99. The van der Waals surface area contributed by atoms with Gasteiger partial charge in [-0.25, -0.2) is 0 Å². The Morgan fingerprint density at radius 2 is 2.04 bits per heavy atom. The first kappa shape index (κ1) is 19.2. The lowest BCUT2D eigenvalue weighted by molar-refractivity contribution is -0.201. The quantitative estimate of drug-likeness (QED) is 0.698. The van der Waals surface area contributed by atoms with Crippen LogP contribution in [0.5, 0.6) is 5.75 Å². The first-order chi connectivity index (χ1) is 13.4. The van der Waals surface area contributed by atoms with Crippen molar-refractivity contribution in [3.8, 4) is 5.75 Å². The third-order valence-electron chi connectivity index (χ3n) is 5.42. The van der Waals surface area contributed by atoms with Crippen LogP contribution in [0.2, 0.25) is 0 Å². The first-order valence-electron chi connectivity index (χ1n) is 9.49. The van der Waals surface area contributed by atoms with Crippen LogP contribution in [0.1, 0.15) is 63.4 Å². The largest absolute Gasteiger partial charge is 0.462 e. The second kappa shape index (κ2) is 7.37. The summed E-state index contributed by atoms with van der Waals surface area (Å²) < 4.78 is 12.2. The van der Waals surface area contributed by atoms with E-state index in [1.807, 2.05) is 26.0 Å². The summed E-state index contributed by atoms with van der Waals surface area (Å²) in [5.74, 6) is -0.0463. The normalized spacial score (nSPS) is 19.9. The fraction of sp³-hybridized carbons (Fsp3) is 0.429. The van der Waals surface area contributed by atoms with Gasteiger partial charge in [-0.1, -0.05) is 15.9 Å². The smallest absolute Gasteiger partial charge is 0.253 e. The Kier molecular flexibility index (Phi) is 5.05. The number of rotatable bonds is 3. The van der Waals surface area contributed by atoms with Crippen molar-refractivity contribution in [2.24, 2.45) is 0 Å². The zero-order valence-corrected chi connectivity index (χ0v) is 17.5. The SMILES string of the molecule is Cc1cc(C)c(CNC(=O)c2ccc3c(c2)C(Br)OC2(CCCC2)O3)c(=O)[nH]1. The molecule has 1 aromatic heterocycles. The number of aryl methyl sites for hydroxylation is 2. The van der Waals surface area contributed by atoms with Gasteiger partial charge < -0.3 is 19.8 Å². The molecule has 1 atom stereocenters. The van der Waals surface area contributed by atoms with Gasteiger partial charge in [-0.2, -0.15) is 0 Å². The van der Waals surface area contributed by atoms with Gasteiger partial charge in [0, 0.05) is 41.8 Å². The highest BCUT2D eigenvalue weighted by molar-refractivity contribution is 9.09. The highest BCUT2D eigenvalue weighted by Crippen LogP contribution is 2.48. The summed E-state index contributed by atoms with van der Waals surface area (Å²) in [6, 6.07) is 7.24. The van der Waals surface area contributed by atoms with Gasteiger partial charge in [-0.05, 0) is 56.5 Å². The van der Waals surface area contributed by atoms with E-state index in [4.69, 9.17) is 9.47 Å². The number of aromatic amines is 1. The van der Waals surface area contributed by atoms with Gasteiger partial charge in [0.2, 0.25) is 5.79 Å². The lowest BCUT2D eigenvalue weighted by Crippen LogP contribution is -2.40. The van der Waals surface area contributed by atoms with Crippen LogP contribution < -0.4 is 15.6 Å². The second-order valence-corrected chi connectivity index (χ2v) is 8.36. The third-order valence-corrected chi connectivity index (χ3v) is 6.10. The van der Waals surface area contributed by atoms with Gasteiger partial charge in [0.25, 0.3) is 11.5 Å². The fourth-order valence-corrected chi connectivity index (χ4v) is 4.64. The third kappa shape index (κ3) is 3.61. The Morgan fingerprint density at radius 3 is 2.75 bits per heavy atom. The number of carbonyl (C=O) groups excluding carboxylic acids is 1. The monoisotopic (exact) mass is 446 g/mol. The number of ether oxygens (including phenoxy) is 2. The average Bonchev–Trinajstić information content (AvgIpc) is 3.07. The van der Waals surface area contributed by atoms with Gasteiger partial charge in [-0.15, -0.1) is 0 Å². The van der Waals surface area contributed by atoms with E-state index in [2.05, 4.69) is 26.2 Å². The summed E-state index contributed by atoms with van der Waals surface area (Å²) in [4.78, 5) is 27.5. The summed E-state index contributed by atoms with van der Waals surface area (Å²) in [6.07, 6.45) is 3.93. The van der Waals surface area contributed by atoms with Crippen molar-refractivity contribution in [3.63, 3.8) is 0 Å². The van der Waals surface area contributed by atoms with Gasteiger partial charge in [-0.3, -0.25) is 9.59 Å². The van der Waals surface area contributed by atoms with E-state index in [1.165, 1.54) is 0 Å². The molecule has 1 saturated carbocycles. The Morgan fingerprint density at radius 1 is 1.29 bits per heavy atom. The Labute approximate surface area is 171 Å². The molecule has 2 aromatic rings. The van der Waals surface area contributed by atoms with Crippen LogP contribution in [0.15, 0.2) is 29.1 Å². The van der Waals surface area contributed by atoms with Gasteiger partial charge in [0.05, 0.1) is 0 Å². The Balaban J connectivity index is 1.51. The number of H-pyrrole nitrogens is 1. The zero-order valence-electron chi connectivity index (χ0n) is 15.9. The maximum absolute atomic E-state index is 12.6. The first-order valence-corrected chi connectivity index (χ1v) is 10.4. The van der Waals surface area contributed by atoms with Crippen molar-refractivity contribution in [2.75, 3.05) is 0 Å². The number of carbonyl (C=O) groups is 1. The van der Waals surface area contributed by atoms with Crippen LogP contribution in [0.3, 0.4) is 0 Å². The number of pyridine rings is 1. The van der Waals surface area contributed by atoms with Crippen molar-refractivity contribution in [2.45, 2.75) is 56.9 Å². The number of aromatic nitrogens is 1. The summed E-state index contributed by atoms with van der Waals surface area (Å²) >= 11 is 3.58. The summed E-state index contributed by atoms with van der Waals surface area (Å²) in [7, 11) is 0. The summed E-state index contributed by atoms with van der Waals surface area (Å²) in [6.45, 7) is 3.87. The molecule has 28 heavy (non-hydrogen) atoms. The Hall–Kier alpha value is -2.12. The average molecular weight is 447 g/mol. The maximum atomic E-state index is 12.6. The van der Waals surface area contributed by atoms with Gasteiger partial charge in [0.1, 0.15) is 10.8 Å². The van der Waals surface area contributed by atoms with Crippen molar-refractivity contribution >= 4 is 21.8 Å². The molecule has 0 radical (unpaired) electrons. The molecule has 1 unspecified atom stereocenters. The van der Waals surface area contributed by atoms with E-state index in [0.717, 1.165) is 48.3 Å². The number of alkyl halides is 1. The summed E-state index contributed by atoms with van der Waals surface area (Å²) in [5, 5.41) is 2.52. The van der Waals surface area contributed by atoms with E-state index < -0.39 is 5.79 Å². The maximum Gasteiger partial charge on any atom is 0.253 e. The molecule has 0 bridgehead atoms. The van der Waals surface area contributed by atoms with Crippen molar-refractivity contribution < 1.29 is 14.3 Å². The molecular formula is C21H23BrN2O4. The number of benzene rings is 1. The van der Waals surface area contributed by atoms with Crippen LogP contribution >= 0.6 is 15.9 Å². The minimum Gasteiger partial charge on any atom is -0.462 e. The number of fused-ring (bicyclic) bond motifs is 1. The zero-order chi connectivity index (χ0) is 19.9. The molecule has 1 aromatic carbocycles.